The van der Waals surface area contributed by atoms with Crippen LogP contribution in [-0.2, 0) is 16.1 Å². The molecule has 5 nitrogen and oxygen atoms in total. The van der Waals surface area contributed by atoms with E-state index >= 15 is 0 Å². The number of nitrogens with zero attached hydrogens (tertiary/aromatic N) is 2. The number of nitrogens with one attached hydrogen (secondary N) is 1. The van der Waals surface area contributed by atoms with Crippen molar-refractivity contribution in [2.45, 2.75) is 38.5 Å². The summed E-state index contributed by atoms with van der Waals surface area (Å²) in [7, 11) is 1.61. The number of rotatable bonds is 6. The summed E-state index contributed by atoms with van der Waals surface area (Å²) < 4.78 is 10.5. The molecule has 18 heavy (non-hydrogen) atoms. The van der Waals surface area contributed by atoms with Crippen molar-refractivity contribution in [2.75, 3.05) is 19.0 Å². The predicted octanol–water partition coefficient (Wildman–Crippen LogP) is 2.26. The molecule has 1 heterocycles. The summed E-state index contributed by atoms with van der Waals surface area (Å²) in [6.45, 7) is 3.15. The van der Waals surface area contributed by atoms with Crippen LogP contribution in [0, 0.1) is 0 Å². The van der Waals surface area contributed by atoms with Gasteiger partial charge in [-0.2, -0.15) is 0 Å². The SMILES string of the molecule is CCOC1CC(Nc2cc(Cl)nc(COC)n2)C1. The molecule has 2 rings (SSSR count). The molecule has 0 radical (unpaired) electrons. The number of hydrogen-bond acceptors (Lipinski definition) is 5. The van der Waals surface area contributed by atoms with Gasteiger partial charge in [0.1, 0.15) is 17.6 Å². The highest BCUT2D eigenvalue weighted by Crippen LogP contribution is 2.26. The third-order valence-corrected chi connectivity index (χ3v) is 3.06. The molecule has 0 spiro atoms. The molecule has 0 amide bonds. The lowest BCUT2D eigenvalue weighted by atomic mass is 9.89. The molecule has 1 saturated carbocycles. The van der Waals surface area contributed by atoms with E-state index in [1.807, 2.05) is 6.92 Å². The lowest BCUT2D eigenvalue weighted by Gasteiger charge is -2.35. The van der Waals surface area contributed by atoms with Crippen LogP contribution in [0.15, 0.2) is 6.07 Å². The second-order valence-corrected chi connectivity index (χ2v) is 4.70. The van der Waals surface area contributed by atoms with E-state index in [2.05, 4.69) is 15.3 Å². The van der Waals surface area contributed by atoms with Gasteiger partial charge in [0.2, 0.25) is 0 Å². The fraction of sp³-hybridized carbons (Fsp3) is 0.667. The van der Waals surface area contributed by atoms with Gasteiger partial charge in [-0.3, -0.25) is 0 Å². The summed E-state index contributed by atoms with van der Waals surface area (Å²) >= 11 is 5.94. The minimum atomic E-state index is 0.363. The maximum absolute atomic E-state index is 5.94. The van der Waals surface area contributed by atoms with Gasteiger partial charge in [-0.05, 0) is 19.8 Å². The van der Waals surface area contributed by atoms with Gasteiger partial charge >= 0.3 is 0 Å². The van der Waals surface area contributed by atoms with Crippen LogP contribution in [0.3, 0.4) is 0 Å². The van der Waals surface area contributed by atoms with Crippen LogP contribution in [0.5, 0.6) is 0 Å². The van der Waals surface area contributed by atoms with Crippen molar-refractivity contribution in [1.29, 1.82) is 0 Å². The molecule has 0 saturated heterocycles. The van der Waals surface area contributed by atoms with E-state index in [1.54, 1.807) is 13.2 Å². The molecule has 0 bridgehead atoms. The van der Waals surface area contributed by atoms with Gasteiger partial charge < -0.3 is 14.8 Å². The molecular formula is C12H18ClN3O2. The van der Waals surface area contributed by atoms with Crippen molar-refractivity contribution in [1.82, 2.24) is 9.97 Å². The van der Waals surface area contributed by atoms with E-state index in [0.29, 0.717) is 29.7 Å². The Labute approximate surface area is 112 Å². The van der Waals surface area contributed by atoms with Crippen LogP contribution in [0.2, 0.25) is 5.15 Å². The van der Waals surface area contributed by atoms with Crippen LogP contribution in [-0.4, -0.2) is 35.8 Å². The fourth-order valence-corrected chi connectivity index (χ4v) is 2.20. The van der Waals surface area contributed by atoms with Gasteiger partial charge in [0.15, 0.2) is 5.82 Å². The Bertz CT molecular complexity index is 397. The average Bonchev–Trinajstić information content (AvgIpc) is 2.26. The highest BCUT2D eigenvalue weighted by molar-refractivity contribution is 6.29. The summed E-state index contributed by atoms with van der Waals surface area (Å²) in [5.74, 6) is 1.34. The van der Waals surface area contributed by atoms with Gasteiger partial charge in [0.25, 0.3) is 0 Å². The number of methoxy groups -OCH3 is 1. The van der Waals surface area contributed by atoms with E-state index in [1.165, 1.54) is 0 Å². The zero-order chi connectivity index (χ0) is 13.0. The van der Waals surface area contributed by atoms with Crippen LogP contribution in [0.4, 0.5) is 5.82 Å². The van der Waals surface area contributed by atoms with Gasteiger partial charge in [0, 0.05) is 25.8 Å². The second-order valence-electron chi connectivity index (χ2n) is 4.32. The van der Waals surface area contributed by atoms with Crippen LogP contribution in [0.1, 0.15) is 25.6 Å². The summed E-state index contributed by atoms with van der Waals surface area (Å²) in [5.41, 5.74) is 0. The number of anilines is 1. The molecular weight excluding hydrogens is 254 g/mol. The Morgan fingerprint density at radius 2 is 2.22 bits per heavy atom. The summed E-state index contributed by atoms with van der Waals surface area (Å²) in [6, 6.07) is 2.14. The Morgan fingerprint density at radius 1 is 1.44 bits per heavy atom. The van der Waals surface area contributed by atoms with Crippen LogP contribution >= 0.6 is 11.6 Å². The number of aromatic nitrogens is 2. The quantitative estimate of drug-likeness (QED) is 0.805. The molecule has 1 aliphatic rings. The van der Waals surface area contributed by atoms with Crippen LogP contribution in [0.25, 0.3) is 0 Å². The first kappa shape index (κ1) is 13.5. The molecule has 1 fully saturated rings. The van der Waals surface area contributed by atoms with Gasteiger partial charge in [-0.15, -0.1) is 0 Å². The molecule has 100 valence electrons. The highest BCUT2D eigenvalue weighted by Gasteiger charge is 2.29. The Balaban J connectivity index is 1.90. The zero-order valence-electron chi connectivity index (χ0n) is 10.6. The molecule has 0 aliphatic heterocycles. The van der Waals surface area contributed by atoms with E-state index in [9.17, 15) is 0 Å². The molecule has 1 aromatic rings. The van der Waals surface area contributed by atoms with E-state index in [0.717, 1.165) is 25.3 Å². The lowest BCUT2D eigenvalue weighted by Crippen LogP contribution is -2.41. The van der Waals surface area contributed by atoms with Crippen molar-refractivity contribution in [3.63, 3.8) is 0 Å². The maximum Gasteiger partial charge on any atom is 0.158 e. The Morgan fingerprint density at radius 3 is 2.89 bits per heavy atom. The first-order valence-corrected chi connectivity index (χ1v) is 6.49. The lowest BCUT2D eigenvalue weighted by molar-refractivity contribution is 0.00291. The van der Waals surface area contributed by atoms with Crippen molar-refractivity contribution < 1.29 is 9.47 Å². The first-order chi connectivity index (χ1) is 8.71. The normalized spacial score (nSPS) is 22.6. The van der Waals surface area contributed by atoms with Gasteiger partial charge in [0.05, 0.1) is 6.10 Å². The van der Waals surface area contributed by atoms with Crippen molar-refractivity contribution >= 4 is 17.4 Å². The van der Waals surface area contributed by atoms with Gasteiger partial charge in [-0.1, -0.05) is 11.6 Å². The summed E-state index contributed by atoms with van der Waals surface area (Å²) in [6.07, 6.45) is 2.40. The van der Waals surface area contributed by atoms with Crippen molar-refractivity contribution in [2.24, 2.45) is 0 Å². The zero-order valence-corrected chi connectivity index (χ0v) is 11.4. The average molecular weight is 272 g/mol. The Kier molecular flexibility index (Phi) is 4.74. The number of halogens is 1. The molecule has 0 aromatic carbocycles. The molecule has 1 aromatic heterocycles. The van der Waals surface area contributed by atoms with Crippen molar-refractivity contribution in [3.8, 4) is 0 Å². The minimum absolute atomic E-state index is 0.363. The number of ether oxygens (including phenoxy) is 2. The largest absolute Gasteiger partial charge is 0.378 e. The third-order valence-electron chi connectivity index (χ3n) is 2.86. The highest BCUT2D eigenvalue weighted by atomic mass is 35.5. The standard InChI is InChI=1S/C12H18ClN3O2/c1-3-18-9-4-8(5-9)14-11-6-10(13)15-12(16-11)7-17-2/h6,8-9H,3-5,7H2,1-2H3,(H,14,15,16). The third kappa shape index (κ3) is 3.54. The summed E-state index contributed by atoms with van der Waals surface area (Å²) in [5, 5.41) is 3.77. The minimum Gasteiger partial charge on any atom is -0.378 e. The number of hydrogen-bond donors (Lipinski definition) is 1. The topological polar surface area (TPSA) is 56.3 Å². The molecule has 0 unspecified atom stereocenters. The molecule has 1 aliphatic carbocycles. The molecule has 0 atom stereocenters. The monoisotopic (exact) mass is 271 g/mol. The molecule has 1 N–H and O–H groups in total. The Hall–Kier alpha value is -0.910. The maximum atomic E-state index is 5.94. The smallest absolute Gasteiger partial charge is 0.158 e. The van der Waals surface area contributed by atoms with Crippen LogP contribution < -0.4 is 5.32 Å². The predicted molar refractivity (Wildman–Crippen MR) is 69.8 cm³/mol. The first-order valence-electron chi connectivity index (χ1n) is 6.11. The van der Waals surface area contributed by atoms with E-state index in [4.69, 9.17) is 21.1 Å². The van der Waals surface area contributed by atoms with Crippen molar-refractivity contribution in [3.05, 3.63) is 17.0 Å². The summed E-state index contributed by atoms with van der Waals surface area (Å²) in [4.78, 5) is 8.43. The second kappa shape index (κ2) is 6.31. The van der Waals surface area contributed by atoms with Gasteiger partial charge in [-0.25, -0.2) is 9.97 Å². The van der Waals surface area contributed by atoms with E-state index in [-0.39, 0.29) is 0 Å². The fourth-order valence-electron chi connectivity index (χ4n) is 2.00. The molecule has 6 heteroatoms. The van der Waals surface area contributed by atoms with E-state index < -0.39 is 0 Å².